The molecule has 1 aromatic rings. The summed E-state index contributed by atoms with van der Waals surface area (Å²) < 4.78 is 0. The molecule has 1 atom stereocenters. The highest BCUT2D eigenvalue weighted by molar-refractivity contribution is 6.30. The largest absolute Gasteiger partial charge is 0.481 e. The summed E-state index contributed by atoms with van der Waals surface area (Å²) in [5, 5.41) is 19.8. The molecule has 5 heteroatoms. The van der Waals surface area contributed by atoms with Crippen molar-refractivity contribution in [3.05, 3.63) is 29.3 Å². The topological polar surface area (TPSA) is 60.8 Å². The normalized spacial score (nSPS) is 17.8. The molecule has 0 saturated heterocycles. The summed E-state index contributed by atoms with van der Waals surface area (Å²) in [6, 6.07) is 7.33. The maximum absolute atomic E-state index is 11.1. The van der Waals surface area contributed by atoms with Crippen molar-refractivity contribution in [1.82, 2.24) is 0 Å². The van der Waals surface area contributed by atoms with Crippen LogP contribution in [0.25, 0.3) is 0 Å². The summed E-state index contributed by atoms with van der Waals surface area (Å²) in [6.45, 7) is 0.413. The third-order valence-electron chi connectivity index (χ3n) is 3.69. The van der Waals surface area contributed by atoms with Crippen molar-refractivity contribution < 1.29 is 15.0 Å². The van der Waals surface area contributed by atoms with E-state index >= 15 is 0 Å². The number of hydrogen-bond donors (Lipinski definition) is 2. The maximum Gasteiger partial charge on any atom is 0.309 e. The van der Waals surface area contributed by atoms with Crippen LogP contribution in [0.15, 0.2) is 24.3 Å². The van der Waals surface area contributed by atoms with Crippen LogP contribution in [0.4, 0.5) is 5.69 Å². The Morgan fingerprint density at radius 2 is 2.00 bits per heavy atom. The number of likely N-dealkylation sites (N-methyl/N-ethyl adjacent to an activating group) is 1. The lowest BCUT2D eigenvalue weighted by Crippen LogP contribution is -2.32. The molecule has 1 fully saturated rings. The third kappa shape index (κ3) is 3.39. The van der Waals surface area contributed by atoms with Crippen LogP contribution in [0, 0.1) is 5.41 Å². The number of benzene rings is 1. The fraction of sp³-hybridized carbons (Fsp3) is 0.500. The van der Waals surface area contributed by atoms with Gasteiger partial charge in [-0.05, 0) is 43.5 Å². The van der Waals surface area contributed by atoms with Gasteiger partial charge in [0.15, 0.2) is 0 Å². The van der Waals surface area contributed by atoms with Gasteiger partial charge < -0.3 is 15.1 Å². The number of aliphatic hydroxyl groups is 1. The molecule has 0 amide bonds. The lowest BCUT2D eigenvalue weighted by molar-refractivity contribution is -0.144. The fourth-order valence-corrected chi connectivity index (χ4v) is 2.41. The number of aliphatic hydroxyl groups excluding tert-OH is 1. The molecule has 2 rings (SSSR count). The average Bonchev–Trinajstić information content (AvgIpc) is 3.10. The lowest BCUT2D eigenvalue weighted by Gasteiger charge is -2.24. The second-order valence-corrected chi connectivity index (χ2v) is 5.74. The molecule has 1 aromatic carbocycles. The van der Waals surface area contributed by atoms with Crippen LogP contribution in [-0.2, 0) is 4.79 Å². The first-order chi connectivity index (χ1) is 8.93. The van der Waals surface area contributed by atoms with Crippen molar-refractivity contribution in [3.63, 3.8) is 0 Å². The number of anilines is 1. The van der Waals surface area contributed by atoms with Crippen molar-refractivity contribution in [2.75, 3.05) is 18.5 Å². The summed E-state index contributed by atoms with van der Waals surface area (Å²) in [4.78, 5) is 13.0. The molecule has 0 aliphatic heterocycles. The number of halogens is 1. The van der Waals surface area contributed by atoms with Crippen LogP contribution in [0.2, 0.25) is 5.02 Å². The van der Waals surface area contributed by atoms with Gasteiger partial charge in [0.25, 0.3) is 0 Å². The summed E-state index contributed by atoms with van der Waals surface area (Å²) in [5.74, 6) is -0.791. The highest BCUT2D eigenvalue weighted by atomic mass is 35.5. The van der Waals surface area contributed by atoms with Gasteiger partial charge in [0.05, 0.1) is 11.5 Å². The molecule has 104 valence electrons. The van der Waals surface area contributed by atoms with Gasteiger partial charge in [0.2, 0.25) is 0 Å². The molecule has 1 unspecified atom stereocenters. The standard InChI is InChI=1S/C14H18ClNO3/c1-16(11-4-2-10(15)3-5-11)9-12(17)8-14(6-7-14)13(18)19/h2-5,12,17H,6-9H2,1H3,(H,18,19). The molecule has 1 aliphatic rings. The second-order valence-electron chi connectivity index (χ2n) is 5.30. The Labute approximate surface area is 117 Å². The monoisotopic (exact) mass is 283 g/mol. The Hall–Kier alpha value is -1.26. The quantitative estimate of drug-likeness (QED) is 0.842. The Morgan fingerprint density at radius 3 is 2.47 bits per heavy atom. The van der Waals surface area contributed by atoms with Gasteiger partial charge in [-0.25, -0.2) is 0 Å². The Kier molecular flexibility index (Phi) is 4.02. The van der Waals surface area contributed by atoms with Crippen molar-refractivity contribution in [2.45, 2.75) is 25.4 Å². The van der Waals surface area contributed by atoms with Crippen LogP contribution in [-0.4, -0.2) is 35.9 Å². The molecule has 0 heterocycles. The van der Waals surface area contributed by atoms with Gasteiger partial charge in [-0.2, -0.15) is 0 Å². The molecule has 1 saturated carbocycles. The minimum atomic E-state index is -0.791. The van der Waals surface area contributed by atoms with E-state index in [2.05, 4.69) is 0 Å². The molecule has 0 bridgehead atoms. The van der Waals surface area contributed by atoms with Gasteiger partial charge in [-0.1, -0.05) is 11.6 Å². The zero-order valence-electron chi connectivity index (χ0n) is 10.8. The maximum atomic E-state index is 11.1. The Balaban J connectivity index is 1.90. The zero-order valence-corrected chi connectivity index (χ0v) is 11.6. The van der Waals surface area contributed by atoms with E-state index < -0.39 is 17.5 Å². The zero-order chi connectivity index (χ0) is 14.0. The molecule has 2 N–H and O–H groups in total. The Bertz CT molecular complexity index is 456. The molecular weight excluding hydrogens is 266 g/mol. The summed E-state index contributed by atoms with van der Waals surface area (Å²) in [5.41, 5.74) is 0.267. The molecule has 0 spiro atoms. The smallest absolute Gasteiger partial charge is 0.309 e. The van der Waals surface area contributed by atoms with Crippen molar-refractivity contribution >= 4 is 23.3 Å². The van der Waals surface area contributed by atoms with Crippen LogP contribution in [0.1, 0.15) is 19.3 Å². The average molecular weight is 284 g/mol. The highest BCUT2D eigenvalue weighted by Crippen LogP contribution is 2.49. The third-order valence-corrected chi connectivity index (χ3v) is 3.94. The van der Waals surface area contributed by atoms with Crippen LogP contribution in [0.5, 0.6) is 0 Å². The first-order valence-corrected chi connectivity index (χ1v) is 6.69. The van der Waals surface area contributed by atoms with E-state index in [0.29, 0.717) is 30.8 Å². The van der Waals surface area contributed by atoms with E-state index in [-0.39, 0.29) is 0 Å². The van der Waals surface area contributed by atoms with E-state index in [1.807, 2.05) is 24.1 Å². The van der Waals surface area contributed by atoms with E-state index in [1.165, 1.54) is 0 Å². The van der Waals surface area contributed by atoms with E-state index in [1.54, 1.807) is 12.1 Å². The predicted molar refractivity (Wildman–Crippen MR) is 74.6 cm³/mol. The molecule has 0 aromatic heterocycles. The molecule has 0 radical (unpaired) electrons. The van der Waals surface area contributed by atoms with Gasteiger partial charge in [-0.15, -0.1) is 0 Å². The molecule has 19 heavy (non-hydrogen) atoms. The fourth-order valence-electron chi connectivity index (χ4n) is 2.29. The number of carbonyl (C=O) groups is 1. The summed E-state index contributed by atoms with van der Waals surface area (Å²) >= 11 is 5.82. The van der Waals surface area contributed by atoms with Gasteiger partial charge >= 0.3 is 5.97 Å². The van der Waals surface area contributed by atoms with Gasteiger partial charge in [0.1, 0.15) is 0 Å². The number of aliphatic carboxylic acids is 1. The van der Waals surface area contributed by atoms with Crippen molar-refractivity contribution in [2.24, 2.45) is 5.41 Å². The van der Waals surface area contributed by atoms with Crippen molar-refractivity contribution in [1.29, 1.82) is 0 Å². The first-order valence-electron chi connectivity index (χ1n) is 6.31. The highest BCUT2D eigenvalue weighted by Gasteiger charge is 2.51. The second kappa shape index (κ2) is 5.39. The van der Waals surface area contributed by atoms with E-state index in [0.717, 1.165) is 5.69 Å². The van der Waals surface area contributed by atoms with Crippen LogP contribution < -0.4 is 4.90 Å². The predicted octanol–water partition coefficient (Wildman–Crippen LogP) is 2.39. The minimum absolute atomic E-state index is 0.320. The van der Waals surface area contributed by atoms with E-state index in [9.17, 15) is 9.90 Å². The first kappa shape index (κ1) is 14.2. The van der Waals surface area contributed by atoms with E-state index in [4.69, 9.17) is 16.7 Å². The summed E-state index contributed by atoms with van der Waals surface area (Å²) in [6.07, 6.45) is 1.02. The summed E-state index contributed by atoms with van der Waals surface area (Å²) in [7, 11) is 1.87. The number of carboxylic acid groups (broad SMARTS) is 1. The molecule has 4 nitrogen and oxygen atoms in total. The van der Waals surface area contributed by atoms with Crippen molar-refractivity contribution in [3.8, 4) is 0 Å². The SMILES string of the molecule is CN(CC(O)CC1(C(=O)O)CC1)c1ccc(Cl)cc1. The number of hydrogen-bond acceptors (Lipinski definition) is 3. The number of rotatable bonds is 6. The molecule has 1 aliphatic carbocycles. The number of nitrogens with zero attached hydrogens (tertiary/aromatic N) is 1. The van der Waals surface area contributed by atoms with Crippen LogP contribution >= 0.6 is 11.6 Å². The lowest BCUT2D eigenvalue weighted by atomic mass is 9.98. The molecular formula is C14H18ClNO3. The van der Waals surface area contributed by atoms with Crippen LogP contribution in [0.3, 0.4) is 0 Å². The minimum Gasteiger partial charge on any atom is -0.481 e. The van der Waals surface area contributed by atoms with Gasteiger partial charge in [0, 0.05) is 24.3 Å². The number of carboxylic acids is 1. The Morgan fingerprint density at radius 1 is 1.42 bits per heavy atom. The van der Waals surface area contributed by atoms with Gasteiger partial charge in [-0.3, -0.25) is 4.79 Å².